The Morgan fingerprint density at radius 2 is 1.85 bits per heavy atom. The number of hydrogen-bond acceptors (Lipinski definition) is 3. The van der Waals surface area contributed by atoms with Crippen molar-refractivity contribution in [2.45, 2.75) is 44.2 Å². The molecule has 1 heterocycles. The Labute approximate surface area is 195 Å². The van der Waals surface area contributed by atoms with E-state index in [1.54, 1.807) is 48.3 Å². The zero-order valence-electron chi connectivity index (χ0n) is 18.9. The monoisotopic (exact) mass is 443 g/mol. The molecular weight excluding hydrogens is 414 g/mol. The van der Waals surface area contributed by atoms with Crippen molar-refractivity contribution in [1.29, 1.82) is 0 Å². The second kappa shape index (κ2) is 9.91. The molecule has 6 nitrogen and oxygen atoms in total. The van der Waals surface area contributed by atoms with E-state index in [0.717, 1.165) is 25.7 Å². The number of rotatable bonds is 5. The van der Waals surface area contributed by atoms with Crippen LogP contribution < -0.4 is 5.32 Å². The molecule has 2 aliphatic rings. The van der Waals surface area contributed by atoms with Crippen LogP contribution in [0.25, 0.3) is 0 Å². The number of carbonyl (C=O) groups is 3. The first kappa shape index (κ1) is 22.6. The molecule has 0 radical (unpaired) electrons. The maximum atomic E-state index is 13.4. The zero-order valence-corrected chi connectivity index (χ0v) is 18.9. The van der Waals surface area contributed by atoms with Gasteiger partial charge in [0.2, 0.25) is 11.8 Å². The smallest absolute Gasteiger partial charge is 0.254 e. The molecule has 1 aliphatic heterocycles. The number of likely N-dealkylation sites (tertiary alicyclic amines) is 1. The van der Waals surface area contributed by atoms with Gasteiger partial charge in [0, 0.05) is 29.9 Å². The fraction of sp³-hybridized carbons (Fsp3) is 0.370. The summed E-state index contributed by atoms with van der Waals surface area (Å²) in [5, 5.41) is 2.79. The standard InChI is InChI=1S/C27H29N3O3/c1-3-19-10-9-14-22(16-19)28-25(31)18-29(2)27(33)24-17-21-13-7-8-15-23(21)30(24)26(32)20-11-5-4-6-12-20/h1,4-6,9-12,14,16,21,23-24H,7-8,13,15,17-18H2,2H3,(H,28,31). The number of nitrogens with zero attached hydrogens (tertiary/aromatic N) is 2. The van der Waals surface area contributed by atoms with Crippen molar-refractivity contribution in [3.63, 3.8) is 0 Å². The van der Waals surface area contributed by atoms with E-state index in [1.165, 1.54) is 4.90 Å². The molecule has 6 heteroatoms. The van der Waals surface area contributed by atoms with E-state index in [2.05, 4.69) is 11.2 Å². The number of benzene rings is 2. The molecule has 2 aromatic rings. The fourth-order valence-electron chi connectivity index (χ4n) is 5.14. The zero-order chi connectivity index (χ0) is 23.4. The highest BCUT2D eigenvalue weighted by molar-refractivity contribution is 5.99. The van der Waals surface area contributed by atoms with E-state index in [9.17, 15) is 14.4 Å². The van der Waals surface area contributed by atoms with E-state index >= 15 is 0 Å². The van der Waals surface area contributed by atoms with Crippen molar-refractivity contribution in [2.75, 3.05) is 18.9 Å². The molecule has 2 fully saturated rings. The number of nitrogens with one attached hydrogen (secondary N) is 1. The average molecular weight is 444 g/mol. The third-order valence-electron chi connectivity index (χ3n) is 6.70. The predicted octanol–water partition coefficient (Wildman–Crippen LogP) is 3.54. The quantitative estimate of drug-likeness (QED) is 0.719. The first-order chi connectivity index (χ1) is 16.0. The topological polar surface area (TPSA) is 69.7 Å². The number of amides is 3. The van der Waals surface area contributed by atoms with Gasteiger partial charge in [-0.1, -0.05) is 43.0 Å². The van der Waals surface area contributed by atoms with Crippen LogP contribution >= 0.6 is 0 Å². The molecule has 4 rings (SSSR count). The van der Waals surface area contributed by atoms with Gasteiger partial charge in [0.1, 0.15) is 6.04 Å². The van der Waals surface area contributed by atoms with Crippen molar-refractivity contribution in [3.05, 3.63) is 65.7 Å². The van der Waals surface area contributed by atoms with Gasteiger partial charge in [-0.05, 0) is 55.5 Å². The summed E-state index contributed by atoms with van der Waals surface area (Å²) in [4.78, 5) is 42.7. The van der Waals surface area contributed by atoms with Gasteiger partial charge in [-0.15, -0.1) is 6.42 Å². The van der Waals surface area contributed by atoms with Crippen LogP contribution in [0.4, 0.5) is 5.69 Å². The van der Waals surface area contributed by atoms with Crippen molar-refractivity contribution in [3.8, 4) is 12.3 Å². The van der Waals surface area contributed by atoms with Crippen LogP contribution in [0.2, 0.25) is 0 Å². The second-order valence-corrected chi connectivity index (χ2v) is 8.91. The van der Waals surface area contributed by atoms with Gasteiger partial charge in [0.25, 0.3) is 5.91 Å². The largest absolute Gasteiger partial charge is 0.335 e. The molecule has 170 valence electrons. The van der Waals surface area contributed by atoms with Crippen LogP contribution in [-0.2, 0) is 9.59 Å². The Kier molecular flexibility index (Phi) is 6.79. The van der Waals surface area contributed by atoms with E-state index in [1.807, 2.05) is 18.2 Å². The summed E-state index contributed by atoms with van der Waals surface area (Å²) >= 11 is 0. The fourth-order valence-corrected chi connectivity index (χ4v) is 5.14. The van der Waals surface area contributed by atoms with Crippen molar-refractivity contribution in [1.82, 2.24) is 9.80 Å². The summed E-state index contributed by atoms with van der Waals surface area (Å²) in [6.07, 6.45) is 10.2. The van der Waals surface area contributed by atoms with Gasteiger partial charge in [0.15, 0.2) is 0 Å². The Hall–Kier alpha value is -3.59. The van der Waals surface area contributed by atoms with Gasteiger partial charge in [-0.25, -0.2) is 0 Å². The molecule has 3 amide bonds. The first-order valence-electron chi connectivity index (χ1n) is 11.5. The Bertz CT molecular complexity index is 1080. The maximum Gasteiger partial charge on any atom is 0.254 e. The third kappa shape index (κ3) is 4.93. The van der Waals surface area contributed by atoms with Crippen LogP contribution in [0, 0.1) is 18.3 Å². The van der Waals surface area contributed by atoms with Gasteiger partial charge in [-0.3, -0.25) is 14.4 Å². The highest BCUT2D eigenvalue weighted by atomic mass is 16.2. The number of carbonyl (C=O) groups excluding carboxylic acids is 3. The normalized spacial score (nSPS) is 21.6. The number of likely N-dealkylation sites (N-methyl/N-ethyl adjacent to an activating group) is 1. The van der Waals surface area contributed by atoms with Crippen LogP contribution in [0.5, 0.6) is 0 Å². The summed E-state index contributed by atoms with van der Waals surface area (Å²) in [6.45, 7) is -0.0989. The SMILES string of the molecule is C#Cc1cccc(NC(=O)CN(C)C(=O)C2CC3CCCCC3N2C(=O)c2ccccc2)c1. The van der Waals surface area contributed by atoms with Crippen molar-refractivity contribution >= 4 is 23.4 Å². The van der Waals surface area contributed by atoms with Crippen LogP contribution in [0.1, 0.15) is 48.0 Å². The summed E-state index contributed by atoms with van der Waals surface area (Å²) < 4.78 is 0. The minimum Gasteiger partial charge on any atom is -0.335 e. The molecule has 0 aromatic heterocycles. The van der Waals surface area contributed by atoms with Crippen molar-refractivity contribution < 1.29 is 14.4 Å². The van der Waals surface area contributed by atoms with E-state index < -0.39 is 6.04 Å². The lowest BCUT2D eigenvalue weighted by atomic mass is 9.84. The molecule has 3 atom stereocenters. The lowest BCUT2D eigenvalue weighted by Gasteiger charge is -2.34. The summed E-state index contributed by atoms with van der Waals surface area (Å²) in [5.74, 6) is 2.26. The van der Waals surface area contributed by atoms with Gasteiger partial charge < -0.3 is 15.1 Å². The molecule has 0 bridgehead atoms. The van der Waals surface area contributed by atoms with Gasteiger partial charge >= 0.3 is 0 Å². The molecule has 3 unspecified atom stereocenters. The van der Waals surface area contributed by atoms with Crippen molar-refractivity contribution in [2.24, 2.45) is 5.92 Å². The van der Waals surface area contributed by atoms with E-state index in [0.29, 0.717) is 29.2 Å². The highest BCUT2D eigenvalue weighted by Gasteiger charge is 2.48. The molecular formula is C27H29N3O3. The van der Waals surface area contributed by atoms with Gasteiger partial charge in [-0.2, -0.15) is 0 Å². The first-order valence-corrected chi connectivity index (χ1v) is 11.5. The Morgan fingerprint density at radius 3 is 2.61 bits per heavy atom. The molecule has 0 spiro atoms. The van der Waals surface area contributed by atoms with E-state index in [4.69, 9.17) is 6.42 Å². The molecule has 1 N–H and O–H groups in total. The highest BCUT2D eigenvalue weighted by Crippen LogP contribution is 2.41. The lowest BCUT2D eigenvalue weighted by molar-refractivity contribution is -0.137. The number of terminal acetylenes is 1. The number of anilines is 1. The molecule has 1 saturated carbocycles. The summed E-state index contributed by atoms with van der Waals surface area (Å²) in [6, 6.07) is 15.7. The average Bonchev–Trinajstić information content (AvgIpc) is 3.23. The van der Waals surface area contributed by atoms with Gasteiger partial charge in [0.05, 0.1) is 6.54 Å². The van der Waals surface area contributed by atoms with E-state index in [-0.39, 0.29) is 30.3 Å². The molecule has 1 aliphatic carbocycles. The summed E-state index contributed by atoms with van der Waals surface area (Å²) in [5.41, 5.74) is 1.85. The lowest BCUT2D eigenvalue weighted by Crippen LogP contribution is -2.51. The molecule has 2 aromatic carbocycles. The second-order valence-electron chi connectivity index (χ2n) is 8.91. The molecule has 33 heavy (non-hydrogen) atoms. The summed E-state index contributed by atoms with van der Waals surface area (Å²) in [7, 11) is 1.62. The van der Waals surface area contributed by atoms with Crippen LogP contribution in [0.15, 0.2) is 54.6 Å². The minimum atomic E-state index is -0.548. The molecule has 1 saturated heterocycles. The number of hydrogen-bond donors (Lipinski definition) is 1. The van der Waals surface area contributed by atoms with Crippen LogP contribution in [-0.4, -0.2) is 53.2 Å². The maximum absolute atomic E-state index is 13.4. The Morgan fingerprint density at radius 1 is 1.09 bits per heavy atom. The third-order valence-corrected chi connectivity index (χ3v) is 6.70. The Balaban J connectivity index is 1.48. The predicted molar refractivity (Wildman–Crippen MR) is 127 cm³/mol. The minimum absolute atomic E-state index is 0.0779. The van der Waals surface area contributed by atoms with Crippen LogP contribution in [0.3, 0.4) is 0 Å². The number of fused-ring (bicyclic) bond motifs is 1.